The second kappa shape index (κ2) is 18.5. The van der Waals surface area contributed by atoms with E-state index in [9.17, 15) is 28.0 Å². The second-order valence-electron chi connectivity index (χ2n) is 21.9. The summed E-state index contributed by atoms with van der Waals surface area (Å²) in [5.41, 5.74) is 6.49. The molecule has 6 N–H and O–H groups in total. The minimum absolute atomic E-state index is 0.0874. The lowest BCUT2D eigenvalue weighted by molar-refractivity contribution is -0.136. The molecule has 7 fully saturated rings. The van der Waals surface area contributed by atoms with Crippen LogP contribution in [0.1, 0.15) is 134 Å². The van der Waals surface area contributed by atoms with Crippen LogP contribution in [0.2, 0.25) is 0 Å². The van der Waals surface area contributed by atoms with E-state index in [4.69, 9.17) is 9.97 Å². The number of aromatic amines is 2. The van der Waals surface area contributed by atoms with Gasteiger partial charge in [0, 0.05) is 49.8 Å². The zero-order chi connectivity index (χ0) is 49.4. The Kier molecular flexibility index (Phi) is 12.0. The van der Waals surface area contributed by atoms with Gasteiger partial charge < -0.3 is 31.2 Å². The van der Waals surface area contributed by atoms with E-state index in [0.717, 1.165) is 51.9 Å². The summed E-state index contributed by atoms with van der Waals surface area (Å²) in [5.74, 6) is 1.28. The number of rotatable bonds is 18. The van der Waals surface area contributed by atoms with Gasteiger partial charge >= 0.3 is 0 Å². The number of hydrogen-bond acceptors (Lipinski definition) is 8. The Morgan fingerprint density at radius 3 is 1.62 bits per heavy atom. The number of carbonyl (C=O) groups excluding carboxylic acids is 4. The van der Waals surface area contributed by atoms with E-state index in [-0.39, 0.29) is 48.1 Å². The zero-order valence-electron chi connectivity index (χ0n) is 40.9. The normalized spacial score (nSPS) is 24.1. The van der Waals surface area contributed by atoms with E-state index < -0.39 is 24.8 Å². The molecule has 0 bridgehead atoms. The van der Waals surface area contributed by atoms with Crippen LogP contribution in [0.4, 0.5) is 8.78 Å². The summed E-state index contributed by atoms with van der Waals surface area (Å²) < 4.78 is 31.2. The SMILES string of the molecule is CCn1nccc1C(=O)NC(c1nc2ccc(CC3C(=O)NC4CC43)cc2[nH]1)C(C1CC1)C1CC1.CCn1nccc1C(=O)NC(c1nc2ccc(CC3CC(F)(F)CNC3=O)cc2[nH]1)C(C1CC1)C1CC1. The predicted octanol–water partition coefficient (Wildman–Crippen LogP) is 7.36. The molecule has 6 atom stereocenters. The summed E-state index contributed by atoms with van der Waals surface area (Å²) in [4.78, 5) is 67.9. The second-order valence-corrected chi connectivity index (χ2v) is 21.9. The maximum absolute atomic E-state index is 13.9. The summed E-state index contributed by atoms with van der Waals surface area (Å²) in [6.45, 7) is 4.61. The molecule has 5 aliphatic carbocycles. The number of fused-ring (bicyclic) bond motifs is 3. The van der Waals surface area contributed by atoms with Gasteiger partial charge in [-0.05, 0) is 173 Å². The van der Waals surface area contributed by atoms with Crippen LogP contribution in [0, 0.1) is 53.3 Å². The molecule has 6 unspecified atom stereocenters. The minimum atomic E-state index is -2.89. The van der Waals surface area contributed by atoms with Crippen LogP contribution >= 0.6 is 0 Å². The van der Waals surface area contributed by atoms with Crippen LogP contribution in [-0.2, 0) is 35.5 Å². The van der Waals surface area contributed by atoms with Crippen molar-refractivity contribution in [2.45, 2.75) is 128 Å². The molecule has 16 nitrogen and oxygen atoms in total. The molecule has 4 amide bonds. The highest BCUT2D eigenvalue weighted by Crippen LogP contribution is 2.55. The smallest absolute Gasteiger partial charge is 0.270 e. The molecular weight excluding hydrogens is 919 g/mol. The lowest BCUT2D eigenvalue weighted by atomic mass is 9.88. The van der Waals surface area contributed by atoms with E-state index in [1.165, 1.54) is 51.4 Å². The van der Waals surface area contributed by atoms with Crippen molar-refractivity contribution in [2.75, 3.05) is 6.54 Å². The number of halogens is 2. The van der Waals surface area contributed by atoms with Gasteiger partial charge in [0.25, 0.3) is 17.7 Å². The monoisotopic (exact) mass is 983 g/mol. The van der Waals surface area contributed by atoms with Crippen molar-refractivity contribution in [3.8, 4) is 0 Å². The lowest BCUT2D eigenvalue weighted by Gasteiger charge is -2.28. The first-order valence-electron chi connectivity index (χ1n) is 26.5. The Morgan fingerprint density at radius 1 is 0.694 bits per heavy atom. The standard InChI is InChI=1S/C27H32F2N6O2.C27H32N6O2/c1-2-35-21(9-10-31-35)26(37)34-23(22(16-4-5-16)17-6-7-17)24-32-19-8-3-15(12-20(19)33-24)11-18-13-27(28,29)14-30-25(18)36;1-2-33-22(9-10-28-33)27(35)32-24(23(15-4-5-15)16-6-7-16)25-29-19-8-3-14(12-21(19)30-25)11-18-17-13-20(17)31-26(18)34/h3,8-10,12,16-18,22-23H,2,4-7,11,13-14H2,1H3,(H,30,36)(H,32,33)(H,34,37);3,8-10,12,15-18,20,23-24H,2,4-7,11,13H2,1H3,(H,29,30)(H,31,34)(H,32,35). The van der Waals surface area contributed by atoms with E-state index in [1.807, 2.05) is 32.0 Å². The first kappa shape index (κ1) is 46.6. The number of hydrogen-bond donors (Lipinski definition) is 6. The van der Waals surface area contributed by atoms with Crippen molar-refractivity contribution in [1.29, 1.82) is 0 Å². The molecule has 6 aromatic rings. The molecule has 2 aliphatic heterocycles. The number of amides is 4. The average molecular weight is 983 g/mol. The van der Waals surface area contributed by atoms with Gasteiger partial charge in [-0.2, -0.15) is 10.2 Å². The van der Waals surface area contributed by atoms with Crippen molar-refractivity contribution in [3.05, 3.63) is 95.1 Å². The van der Waals surface area contributed by atoms with Crippen molar-refractivity contribution in [1.82, 2.24) is 60.8 Å². The van der Waals surface area contributed by atoms with E-state index in [2.05, 4.69) is 59.6 Å². The number of H-pyrrole nitrogens is 2. The molecule has 0 spiro atoms. The van der Waals surface area contributed by atoms with Gasteiger partial charge in [0.05, 0.1) is 40.7 Å². The first-order chi connectivity index (χ1) is 34.9. The molecule has 13 rings (SSSR count). The first-order valence-corrected chi connectivity index (χ1v) is 26.5. The molecule has 2 saturated heterocycles. The summed E-state index contributed by atoms with van der Waals surface area (Å²) in [5, 5.41) is 20.6. The number of alkyl halides is 2. The fraction of sp³-hybridized carbons (Fsp3) is 0.556. The van der Waals surface area contributed by atoms with E-state index in [1.54, 1.807) is 33.9 Å². The fourth-order valence-corrected chi connectivity index (χ4v) is 12.3. The maximum Gasteiger partial charge on any atom is 0.270 e. The Hall–Kier alpha value is -6.46. The summed E-state index contributed by atoms with van der Waals surface area (Å²) in [7, 11) is 0. The summed E-state index contributed by atoms with van der Waals surface area (Å²) >= 11 is 0. The minimum Gasteiger partial charge on any atom is -0.353 e. The quantitative estimate of drug-likeness (QED) is 0.0511. The topological polar surface area (TPSA) is 209 Å². The number of piperidine rings is 2. The van der Waals surface area contributed by atoms with Crippen molar-refractivity contribution in [2.24, 2.45) is 53.3 Å². The van der Waals surface area contributed by atoms with Gasteiger partial charge in [-0.3, -0.25) is 28.5 Å². The van der Waals surface area contributed by atoms with Gasteiger partial charge in [-0.15, -0.1) is 0 Å². The van der Waals surface area contributed by atoms with Crippen molar-refractivity contribution in [3.63, 3.8) is 0 Å². The highest BCUT2D eigenvalue weighted by molar-refractivity contribution is 5.93. The Bertz CT molecular complexity index is 3010. The molecule has 72 heavy (non-hydrogen) atoms. The summed E-state index contributed by atoms with van der Waals surface area (Å²) in [6, 6.07) is 15.4. The number of aryl methyl sites for hydroxylation is 2. The van der Waals surface area contributed by atoms with Gasteiger partial charge in [0.1, 0.15) is 23.0 Å². The number of benzene rings is 2. The van der Waals surface area contributed by atoms with Gasteiger partial charge in [0.15, 0.2) is 0 Å². The number of imidazole rings is 2. The molecule has 6 heterocycles. The molecule has 5 saturated carbocycles. The average Bonchev–Trinajstić information content (AvgIpc) is 4.07. The number of aromatic nitrogens is 8. The van der Waals surface area contributed by atoms with Crippen LogP contribution < -0.4 is 21.3 Å². The highest BCUT2D eigenvalue weighted by atomic mass is 19.3. The third kappa shape index (κ3) is 9.64. The van der Waals surface area contributed by atoms with Crippen LogP contribution in [-0.4, -0.2) is 81.6 Å². The number of nitrogens with one attached hydrogen (secondary N) is 6. The Labute approximate surface area is 416 Å². The Balaban J connectivity index is 0.000000147. The van der Waals surface area contributed by atoms with Crippen LogP contribution in [0.25, 0.3) is 22.1 Å². The van der Waals surface area contributed by atoms with E-state index in [0.29, 0.717) is 77.8 Å². The molecule has 18 heteroatoms. The maximum atomic E-state index is 13.9. The zero-order valence-corrected chi connectivity index (χ0v) is 40.9. The van der Waals surface area contributed by atoms with Crippen LogP contribution in [0.15, 0.2) is 60.9 Å². The van der Waals surface area contributed by atoms with Gasteiger partial charge in [0.2, 0.25) is 11.8 Å². The van der Waals surface area contributed by atoms with Crippen LogP contribution in [0.3, 0.4) is 0 Å². The fourth-order valence-electron chi connectivity index (χ4n) is 12.3. The lowest BCUT2D eigenvalue weighted by Crippen LogP contribution is -2.48. The molecule has 7 aliphatic rings. The molecule has 4 aromatic heterocycles. The van der Waals surface area contributed by atoms with Crippen molar-refractivity contribution < 1.29 is 28.0 Å². The molecule has 0 radical (unpaired) electrons. The number of nitrogens with zero attached hydrogens (tertiary/aromatic N) is 6. The van der Waals surface area contributed by atoms with Crippen LogP contribution in [0.5, 0.6) is 0 Å². The van der Waals surface area contributed by atoms with Gasteiger partial charge in [-0.1, -0.05) is 12.1 Å². The van der Waals surface area contributed by atoms with E-state index >= 15 is 0 Å². The Morgan fingerprint density at radius 2 is 1.18 bits per heavy atom. The predicted molar refractivity (Wildman–Crippen MR) is 263 cm³/mol. The largest absolute Gasteiger partial charge is 0.353 e. The summed E-state index contributed by atoms with van der Waals surface area (Å²) in [6.07, 6.45) is 14.6. The third-order valence-electron chi connectivity index (χ3n) is 16.6. The molecule has 2 aromatic carbocycles. The third-order valence-corrected chi connectivity index (χ3v) is 16.6. The van der Waals surface area contributed by atoms with Crippen molar-refractivity contribution >= 4 is 45.7 Å². The highest BCUT2D eigenvalue weighted by Gasteiger charge is 2.53. The van der Waals surface area contributed by atoms with Gasteiger partial charge in [-0.25, -0.2) is 18.7 Å². The molecule has 378 valence electrons. The molecular formula is C54H64F2N12O4. The number of carbonyl (C=O) groups is 4.